The van der Waals surface area contributed by atoms with Gasteiger partial charge in [-0.3, -0.25) is 0 Å². The minimum Gasteiger partial charge on any atom is -0.477 e. The third kappa shape index (κ3) is 2.33. The van der Waals surface area contributed by atoms with Crippen molar-refractivity contribution in [2.24, 2.45) is 0 Å². The van der Waals surface area contributed by atoms with E-state index < -0.39 is 5.97 Å². The molecule has 0 saturated heterocycles. The maximum Gasteiger partial charge on any atom is 0.348 e. The summed E-state index contributed by atoms with van der Waals surface area (Å²) in [5.74, 6) is -0.956. The number of hydrogen-bond acceptors (Lipinski definition) is 3. The first-order chi connectivity index (χ1) is 7.99. The van der Waals surface area contributed by atoms with Crippen LogP contribution in [0.25, 0.3) is 11.3 Å². The number of carboxylic acids is 1. The molecule has 1 aromatic heterocycles. The van der Waals surface area contributed by atoms with Crippen molar-refractivity contribution >= 4 is 28.9 Å². The monoisotopic (exact) mass is 267 g/mol. The largest absolute Gasteiger partial charge is 0.477 e. The summed E-state index contributed by atoms with van der Waals surface area (Å²) >= 11 is 7.20. The number of hydrogen-bond donors (Lipinski definition) is 1. The van der Waals surface area contributed by atoms with Crippen LogP contribution in [0.15, 0.2) is 18.2 Å². The Labute approximate surface area is 108 Å². The SMILES string of the molecule is Cc1nc(-c2ccc(C)c(Cl)c2)c(C(=O)O)s1. The second-order valence-electron chi connectivity index (χ2n) is 3.68. The molecule has 5 heteroatoms. The zero-order valence-corrected chi connectivity index (χ0v) is 10.9. The van der Waals surface area contributed by atoms with Gasteiger partial charge in [0, 0.05) is 10.6 Å². The van der Waals surface area contributed by atoms with Crippen molar-refractivity contribution in [1.82, 2.24) is 4.98 Å². The molecule has 0 radical (unpaired) electrons. The first-order valence-electron chi connectivity index (χ1n) is 4.96. The standard InChI is InChI=1S/C12H10ClNO2S/c1-6-3-4-8(5-9(6)13)10-11(12(15)16)17-7(2)14-10/h3-5H,1-2H3,(H,15,16). The van der Waals surface area contributed by atoms with Gasteiger partial charge in [-0.25, -0.2) is 9.78 Å². The Balaban J connectivity index is 2.59. The zero-order valence-electron chi connectivity index (χ0n) is 9.32. The number of aryl methyl sites for hydroxylation is 2. The molecular formula is C12H10ClNO2S. The lowest BCUT2D eigenvalue weighted by molar-refractivity contribution is 0.0702. The van der Waals surface area contributed by atoms with Gasteiger partial charge in [0.1, 0.15) is 4.88 Å². The molecule has 0 spiro atoms. The van der Waals surface area contributed by atoms with E-state index in [9.17, 15) is 4.79 Å². The number of aromatic nitrogens is 1. The molecule has 0 atom stereocenters. The van der Waals surface area contributed by atoms with E-state index >= 15 is 0 Å². The number of aromatic carboxylic acids is 1. The molecule has 88 valence electrons. The number of rotatable bonds is 2. The fraction of sp³-hybridized carbons (Fsp3) is 0.167. The summed E-state index contributed by atoms with van der Waals surface area (Å²) in [5.41, 5.74) is 2.18. The normalized spacial score (nSPS) is 10.5. The van der Waals surface area contributed by atoms with Gasteiger partial charge in [-0.2, -0.15) is 0 Å². The summed E-state index contributed by atoms with van der Waals surface area (Å²) in [5, 5.41) is 10.4. The molecule has 0 fully saturated rings. The molecule has 0 bridgehead atoms. The Hall–Kier alpha value is -1.39. The van der Waals surface area contributed by atoms with Gasteiger partial charge in [-0.15, -0.1) is 11.3 Å². The lowest BCUT2D eigenvalue weighted by atomic mass is 10.1. The Kier molecular flexibility index (Phi) is 3.17. The molecule has 3 nitrogen and oxygen atoms in total. The summed E-state index contributed by atoms with van der Waals surface area (Å²) in [6, 6.07) is 5.44. The second-order valence-corrected chi connectivity index (χ2v) is 5.29. The van der Waals surface area contributed by atoms with Crippen molar-refractivity contribution in [2.45, 2.75) is 13.8 Å². The maximum absolute atomic E-state index is 11.1. The predicted molar refractivity (Wildman–Crippen MR) is 69.0 cm³/mol. The van der Waals surface area contributed by atoms with E-state index in [0.29, 0.717) is 10.7 Å². The van der Waals surface area contributed by atoms with Gasteiger partial charge in [0.15, 0.2) is 0 Å². The number of nitrogens with zero attached hydrogens (tertiary/aromatic N) is 1. The minimum atomic E-state index is -0.956. The summed E-state index contributed by atoms with van der Waals surface area (Å²) in [4.78, 5) is 15.6. The highest BCUT2D eigenvalue weighted by Gasteiger charge is 2.17. The van der Waals surface area contributed by atoms with Crippen LogP contribution < -0.4 is 0 Å². The number of carboxylic acid groups (broad SMARTS) is 1. The fourth-order valence-corrected chi connectivity index (χ4v) is 2.47. The van der Waals surface area contributed by atoms with Gasteiger partial charge in [0.05, 0.1) is 10.7 Å². The third-order valence-electron chi connectivity index (χ3n) is 2.37. The van der Waals surface area contributed by atoms with E-state index in [1.807, 2.05) is 19.1 Å². The van der Waals surface area contributed by atoms with E-state index in [0.717, 1.165) is 16.1 Å². The van der Waals surface area contributed by atoms with Crippen LogP contribution in [0.2, 0.25) is 5.02 Å². The Morgan fingerprint density at radius 3 is 2.71 bits per heavy atom. The highest BCUT2D eigenvalue weighted by molar-refractivity contribution is 7.14. The molecule has 1 heterocycles. The molecule has 1 N–H and O–H groups in total. The smallest absolute Gasteiger partial charge is 0.348 e. The third-order valence-corrected chi connectivity index (χ3v) is 3.74. The van der Waals surface area contributed by atoms with Crippen LogP contribution in [0.5, 0.6) is 0 Å². The van der Waals surface area contributed by atoms with Crippen LogP contribution in [-0.4, -0.2) is 16.1 Å². The average Bonchev–Trinajstić information content (AvgIpc) is 2.64. The Bertz CT molecular complexity index is 592. The van der Waals surface area contributed by atoms with Crippen LogP contribution in [0.4, 0.5) is 0 Å². The van der Waals surface area contributed by atoms with Crippen LogP contribution in [0.3, 0.4) is 0 Å². The van der Waals surface area contributed by atoms with E-state index in [1.165, 1.54) is 11.3 Å². The minimum absolute atomic E-state index is 0.252. The number of thiazole rings is 1. The van der Waals surface area contributed by atoms with E-state index in [-0.39, 0.29) is 4.88 Å². The van der Waals surface area contributed by atoms with Gasteiger partial charge in [-0.1, -0.05) is 23.7 Å². The van der Waals surface area contributed by atoms with Crippen molar-refractivity contribution in [3.05, 3.63) is 38.7 Å². The van der Waals surface area contributed by atoms with Crippen LogP contribution in [0, 0.1) is 13.8 Å². The summed E-state index contributed by atoms with van der Waals surface area (Å²) < 4.78 is 0. The molecule has 1 aromatic carbocycles. The van der Waals surface area contributed by atoms with Gasteiger partial charge in [0.2, 0.25) is 0 Å². The highest BCUT2D eigenvalue weighted by Crippen LogP contribution is 2.30. The van der Waals surface area contributed by atoms with Gasteiger partial charge >= 0.3 is 5.97 Å². The predicted octanol–water partition coefficient (Wildman–Crippen LogP) is 3.78. The molecule has 0 aliphatic heterocycles. The van der Waals surface area contributed by atoms with Crippen LogP contribution >= 0.6 is 22.9 Å². The van der Waals surface area contributed by atoms with E-state index in [2.05, 4.69) is 4.98 Å². The number of benzene rings is 1. The van der Waals surface area contributed by atoms with E-state index in [1.54, 1.807) is 13.0 Å². The van der Waals surface area contributed by atoms with Crippen molar-refractivity contribution in [1.29, 1.82) is 0 Å². The lowest BCUT2D eigenvalue weighted by Gasteiger charge is -2.02. The molecular weight excluding hydrogens is 258 g/mol. The van der Waals surface area contributed by atoms with Crippen LogP contribution in [-0.2, 0) is 0 Å². The van der Waals surface area contributed by atoms with Crippen LogP contribution in [0.1, 0.15) is 20.2 Å². The average molecular weight is 268 g/mol. The topological polar surface area (TPSA) is 50.2 Å². The highest BCUT2D eigenvalue weighted by atomic mass is 35.5. The lowest BCUT2D eigenvalue weighted by Crippen LogP contribution is -1.95. The first-order valence-corrected chi connectivity index (χ1v) is 6.15. The van der Waals surface area contributed by atoms with Crippen molar-refractivity contribution in [3.63, 3.8) is 0 Å². The summed E-state index contributed by atoms with van der Waals surface area (Å²) in [7, 11) is 0. The van der Waals surface area contributed by atoms with Crippen molar-refractivity contribution in [2.75, 3.05) is 0 Å². The van der Waals surface area contributed by atoms with Crippen molar-refractivity contribution in [3.8, 4) is 11.3 Å². The summed E-state index contributed by atoms with van der Waals surface area (Å²) in [6.45, 7) is 3.69. The van der Waals surface area contributed by atoms with Gasteiger partial charge in [-0.05, 0) is 25.5 Å². The van der Waals surface area contributed by atoms with E-state index in [4.69, 9.17) is 16.7 Å². The first kappa shape index (κ1) is 12.1. The van der Waals surface area contributed by atoms with Crippen molar-refractivity contribution < 1.29 is 9.90 Å². The van der Waals surface area contributed by atoms with Gasteiger partial charge < -0.3 is 5.11 Å². The zero-order chi connectivity index (χ0) is 12.6. The Morgan fingerprint density at radius 2 is 2.12 bits per heavy atom. The molecule has 0 unspecified atom stereocenters. The summed E-state index contributed by atoms with van der Waals surface area (Å²) in [6.07, 6.45) is 0. The molecule has 2 rings (SSSR count). The molecule has 0 saturated carbocycles. The Morgan fingerprint density at radius 1 is 1.41 bits per heavy atom. The molecule has 0 aliphatic carbocycles. The molecule has 0 aliphatic rings. The quantitative estimate of drug-likeness (QED) is 0.901. The second kappa shape index (κ2) is 4.47. The molecule has 17 heavy (non-hydrogen) atoms. The molecule has 2 aromatic rings. The number of halogens is 1. The number of carbonyl (C=O) groups is 1. The maximum atomic E-state index is 11.1. The van der Waals surface area contributed by atoms with Gasteiger partial charge in [0.25, 0.3) is 0 Å². The molecule has 0 amide bonds. The fourth-order valence-electron chi connectivity index (χ4n) is 1.51.